The third-order valence-electron chi connectivity index (χ3n) is 5.33. The fourth-order valence-corrected chi connectivity index (χ4v) is 3.60. The fourth-order valence-electron chi connectivity index (χ4n) is 3.60. The quantitative estimate of drug-likeness (QED) is 0.701. The molecule has 1 fully saturated rings. The molecule has 4 rings (SSSR count). The van der Waals surface area contributed by atoms with Gasteiger partial charge in [0.05, 0.1) is 6.04 Å². The number of hydrogen-bond donors (Lipinski definition) is 2. The van der Waals surface area contributed by atoms with E-state index in [-0.39, 0.29) is 5.82 Å². The van der Waals surface area contributed by atoms with Gasteiger partial charge in [-0.25, -0.2) is 4.39 Å². The van der Waals surface area contributed by atoms with E-state index in [2.05, 4.69) is 15.3 Å². The number of aromatic nitrogens is 2. The molecule has 1 aliphatic carbocycles. The van der Waals surface area contributed by atoms with Crippen molar-refractivity contribution in [3.8, 4) is 0 Å². The zero-order valence-corrected chi connectivity index (χ0v) is 14.9. The molecule has 1 saturated carbocycles. The summed E-state index contributed by atoms with van der Waals surface area (Å²) in [5.41, 5.74) is 0.757. The van der Waals surface area contributed by atoms with Crippen LogP contribution in [0.4, 0.5) is 4.39 Å². The third-order valence-corrected chi connectivity index (χ3v) is 5.33. The summed E-state index contributed by atoms with van der Waals surface area (Å²) >= 11 is 0. The molecule has 0 spiro atoms. The molecule has 3 aromatic rings. The van der Waals surface area contributed by atoms with E-state index in [0.717, 1.165) is 18.4 Å². The number of benzene rings is 1. The second kappa shape index (κ2) is 7.55. The summed E-state index contributed by atoms with van der Waals surface area (Å²) in [4.78, 5) is 8.42. The summed E-state index contributed by atoms with van der Waals surface area (Å²) in [6.07, 6.45) is 10.0. The zero-order valence-electron chi connectivity index (χ0n) is 14.9. The van der Waals surface area contributed by atoms with Crippen LogP contribution in [-0.4, -0.2) is 21.1 Å². The zero-order chi connectivity index (χ0) is 18.7. The molecule has 2 aromatic heterocycles. The van der Waals surface area contributed by atoms with Gasteiger partial charge >= 0.3 is 0 Å². The van der Waals surface area contributed by atoms with Crippen molar-refractivity contribution in [3.05, 3.63) is 95.8 Å². The maximum Gasteiger partial charge on any atom is 0.137 e. The summed E-state index contributed by atoms with van der Waals surface area (Å²) < 4.78 is 13.5. The minimum Gasteiger partial charge on any atom is -0.378 e. The smallest absolute Gasteiger partial charge is 0.137 e. The third kappa shape index (κ3) is 3.48. The molecular formula is C22H22FN3O. The lowest BCUT2D eigenvalue weighted by molar-refractivity contribution is 0.0258. The highest BCUT2D eigenvalue weighted by molar-refractivity contribution is 5.39. The Hall–Kier alpha value is -2.63. The second-order valence-electron chi connectivity index (χ2n) is 7.03. The van der Waals surface area contributed by atoms with E-state index in [1.165, 1.54) is 18.6 Å². The highest BCUT2D eigenvalue weighted by Crippen LogP contribution is 2.42. The minimum atomic E-state index is -1.39. The Labute approximate surface area is 158 Å². The van der Waals surface area contributed by atoms with Gasteiger partial charge in [0.25, 0.3) is 0 Å². The average Bonchev–Trinajstić information content (AvgIpc) is 2.69. The molecule has 0 bridgehead atoms. The van der Waals surface area contributed by atoms with Crippen molar-refractivity contribution in [2.75, 3.05) is 0 Å². The van der Waals surface area contributed by atoms with Crippen LogP contribution in [0.1, 0.15) is 42.0 Å². The van der Waals surface area contributed by atoms with Crippen molar-refractivity contribution < 1.29 is 9.50 Å². The molecule has 1 aromatic carbocycles. The molecule has 2 heterocycles. The first-order valence-corrected chi connectivity index (χ1v) is 9.23. The van der Waals surface area contributed by atoms with Crippen LogP contribution < -0.4 is 5.32 Å². The molecule has 1 aliphatic rings. The van der Waals surface area contributed by atoms with Crippen LogP contribution in [0.2, 0.25) is 0 Å². The number of pyridine rings is 2. The van der Waals surface area contributed by atoms with Crippen LogP contribution in [0.25, 0.3) is 0 Å². The number of nitrogens with zero attached hydrogens (tertiary/aromatic N) is 2. The Kier molecular flexibility index (Phi) is 4.97. The highest BCUT2D eigenvalue weighted by atomic mass is 19.1. The van der Waals surface area contributed by atoms with Crippen LogP contribution in [0, 0.1) is 5.82 Å². The first-order chi connectivity index (χ1) is 13.2. The highest BCUT2D eigenvalue weighted by Gasteiger charge is 2.43. The first kappa shape index (κ1) is 17.8. The van der Waals surface area contributed by atoms with Crippen LogP contribution in [0.15, 0.2) is 73.3 Å². The van der Waals surface area contributed by atoms with Crippen LogP contribution in [0.3, 0.4) is 0 Å². The van der Waals surface area contributed by atoms with Crippen molar-refractivity contribution in [1.82, 2.24) is 15.3 Å². The second-order valence-corrected chi connectivity index (χ2v) is 7.03. The van der Waals surface area contributed by atoms with E-state index in [0.29, 0.717) is 17.2 Å². The van der Waals surface area contributed by atoms with Gasteiger partial charge in [0, 0.05) is 42.0 Å². The number of nitrogens with one attached hydrogen (secondary N) is 1. The lowest BCUT2D eigenvalue weighted by Gasteiger charge is -2.41. The first-order valence-electron chi connectivity index (χ1n) is 9.23. The van der Waals surface area contributed by atoms with Crippen molar-refractivity contribution in [1.29, 1.82) is 0 Å². The molecule has 0 aliphatic heterocycles. The number of hydrogen-bond acceptors (Lipinski definition) is 4. The Balaban J connectivity index is 1.86. The van der Waals surface area contributed by atoms with Crippen LogP contribution in [-0.2, 0) is 5.60 Å². The van der Waals surface area contributed by atoms with E-state index in [4.69, 9.17) is 0 Å². The van der Waals surface area contributed by atoms with E-state index in [1.54, 1.807) is 36.9 Å². The maximum atomic E-state index is 13.5. The predicted molar refractivity (Wildman–Crippen MR) is 101 cm³/mol. The Morgan fingerprint density at radius 2 is 1.56 bits per heavy atom. The fraction of sp³-hybridized carbons (Fsp3) is 0.273. The molecule has 0 radical (unpaired) electrons. The molecular weight excluding hydrogens is 341 g/mol. The standard InChI is InChI=1S/C22H22FN3O/c23-19-10-8-16(9-11-19)21(26-20-6-1-7-20)22(27,17-4-2-12-24-14-17)18-5-3-13-25-15-18/h2-5,8-15,20-21,26-27H,1,6-7H2. The van der Waals surface area contributed by atoms with Gasteiger partial charge in [-0.05, 0) is 42.7 Å². The molecule has 4 nitrogen and oxygen atoms in total. The summed E-state index contributed by atoms with van der Waals surface area (Å²) in [5.74, 6) is -0.299. The minimum absolute atomic E-state index is 0.299. The maximum absolute atomic E-state index is 13.5. The van der Waals surface area contributed by atoms with Gasteiger partial charge in [-0.3, -0.25) is 9.97 Å². The van der Waals surface area contributed by atoms with Gasteiger partial charge in [0.1, 0.15) is 11.4 Å². The molecule has 1 atom stereocenters. The van der Waals surface area contributed by atoms with Crippen molar-refractivity contribution in [2.24, 2.45) is 0 Å². The van der Waals surface area contributed by atoms with Crippen molar-refractivity contribution in [2.45, 2.75) is 36.9 Å². The summed E-state index contributed by atoms with van der Waals surface area (Å²) in [6, 6.07) is 13.5. The van der Waals surface area contributed by atoms with Gasteiger partial charge in [-0.2, -0.15) is 0 Å². The van der Waals surface area contributed by atoms with Crippen molar-refractivity contribution >= 4 is 0 Å². The number of halogens is 1. The van der Waals surface area contributed by atoms with Crippen LogP contribution in [0.5, 0.6) is 0 Å². The Morgan fingerprint density at radius 3 is 2.00 bits per heavy atom. The predicted octanol–water partition coefficient (Wildman–Crippen LogP) is 3.74. The Morgan fingerprint density at radius 1 is 0.963 bits per heavy atom. The lowest BCUT2D eigenvalue weighted by atomic mass is 9.77. The molecule has 0 amide bonds. The molecule has 138 valence electrons. The molecule has 2 N–H and O–H groups in total. The van der Waals surface area contributed by atoms with E-state index < -0.39 is 11.6 Å². The molecule has 5 heteroatoms. The molecule has 1 unspecified atom stereocenters. The SMILES string of the molecule is OC(c1cccnc1)(c1cccnc1)C(NC1CCC1)c1ccc(F)cc1. The summed E-state index contributed by atoms with van der Waals surface area (Å²) in [7, 11) is 0. The van der Waals surface area contributed by atoms with Gasteiger partial charge in [-0.1, -0.05) is 30.7 Å². The topological polar surface area (TPSA) is 58.0 Å². The van der Waals surface area contributed by atoms with E-state index in [1.807, 2.05) is 24.3 Å². The molecule has 27 heavy (non-hydrogen) atoms. The molecule has 0 saturated heterocycles. The van der Waals surface area contributed by atoms with Gasteiger partial charge in [0.15, 0.2) is 0 Å². The number of aliphatic hydroxyl groups is 1. The number of rotatable bonds is 6. The van der Waals surface area contributed by atoms with Gasteiger partial charge < -0.3 is 10.4 Å². The summed E-state index contributed by atoms with van der Waals surface area (Å²) in [6.45, 7) is 0. The Bertz CT molecular complexity index is 828. The summed E-state index contributed by atoms with van der Waals surface area (Å²) in [5, 5.41) is 15.7. The van der Waals surface area contributed by atoms with Crippen LogP contribution >= 0.6 is 0 Å². The largest absolute Gasteiger partial charge is 0.378 e. The van der Waals surface area contributed by atoms with Gasteiger partial charge in [-0.15, -0.1) is 0 Å². The lowest BCUT2D eigenvalue weighted by Crippen LogP contribution is -2.48. The monoisotopic (exact) mass is 363 g/mol. The average molecular weight is 363 g/mol. The van der Waals surface area contributed by atoms with Gasteiger partial charge in [0.2, 0.25) is 0 Å². The normalized spacial score (nSPS) is 15.9. The van der Waals surface area contributed by atoms with E-state index in [9.17, 15) is 9.50 Å². The van der Waals surface area contributed by atoms with Crippen molar-refractivity contribution in [3.63, 3.8) is 0 Å². The van der Waals surface area contributed by atoms with E-state index >= 15 is 0 Å².